The van der Waals surface area contributed by atoms with Crippen LogP contribution in [0.3, 0.4) is 0 Å². The van der Waals surface area contributed by atoms with Gasteiger partial charge in [0.1, 0.15) is 0 Å². The smallest absolute Gasteiger partial charge is 0.211 e. The molecule has 0 radical (unpaired) electrons. The Morgan fingerprint density at radius 2 is 2.37 bits per heavy atom. The van der Waals surface area contributed by atoms with Gasteiger partial charge in [0, 0.05) is 19.3 Å². The van der Waals surface area contributed by atoms with Crippen molar-refractivity contribution in [2.75, 3.05) is 25.4 Å². The Hall–Kier alpha value is -0.990. The number of nitrogens with one attached hydrogen (secondary N) is 2. The fourth-order valence-corrected chi connectivity index (χ4v) is 3.73. The second-order valence-corrected chi connectivity index (χ2v) is 6.76. The van der Waals surface area contributed by atoms with Crippen molar-refractivity contribution in [2.45, 2.75) is 25.8 Å². The summed E-state index contributed by atoms with van der Waals surface area (Å²) >= 11 is 0. The topological polar surface area (TPSA) is 88.9 Å². The lowest BCUT2D eigenvalue weighted by Crippen LogP contribution is -2.38. The maximum atomic E-state index is 11.9. The van der Waals surface area contributed by atoms with Crippen LogP contribution in [0.4, 0.5) is 0 Å². The Morgan fingerprint density at radius 1 is 1.47 bits per heavy atom. The first-order valence-electron chi connectivity index (χ1n) is 6.68. The van der Waals surface area contributed by atoms with Gasteiger partial charge >= 0.3 is 0 Å². The molecule has 1 aliphatic heterocycles. The summed E-state index contributed by atoms with van der Waals surface area (Å²) in [5.74, 6) is 0.463. The van der Waals surface area contributed by atoms with E-state index in [0.29, 0.717) is 19.5 Å². The van der Waals surface area contributed by atoms with Crippen LogP contribution in [0.1, 0.15) is 19.3 Å². The van der Waals surface area contributed by atoms with Crippen molar-refractivity contribution < 1.29 is 8.42 Å². The molecule has 1 aromatic heterocycles. The van der Waals surface area contributed by atoms with E-state index in [1.54, 1.807) is 17.1 Å². The van der Waals surface area contributed by atoms with Gasteiger partial charge in [0.25, 0.3) is 0 Å². The third kappa shape index (κ3) is 5.25. The predicted octanol–water partition coefficient (Wildman–Crippen LogP) is -0.413. The number of aromatic nitrogens is 3. The van der Waals surface area contributed by atoms with Gasteiger partial charge in [0.05, 0.1) is 11.9 Å². The molecule has 1 unspecified atom stereocenters. The van der Waals surface area contributed by atoms with Crippen LogP contribution in [0.2, 0.25) is 0 Å². The van der Waals surface area contributed by atoms with E-state index >= 15 is 0 Å². The van der Waals surface area contributed by atoms with E-state index in [1.807, 2.05) is 0 Å². The zero-order valence-electron chi connectivity index (χ0n) is 11.0. The van der Waals surface area contributed by atoms with E-state index in [4.69, 9.17) is 0 Å². The van der Waals surface area contributed by atoms with Crippen LogP contribution in [0.5, 0.6) is 0 Å². The summed E-state index contributed by atoms with van der Waals surface area (Å²) in [5.41, 5.74) is 0. The normalized spacial score (nSPS) is 20.5. The fourth-order valence-electron chi connectivity index (χ4n) is 2.26. The lowest BCUT2D eigenvalue weighted by Gasteiger charge is -2.22. The van der Waals surface area contributed by atoms with Gasteiger partial charge in [-0.2, -0.15) is 0 Å². The van der Waals surface area contributed by atoms with Gasteiger partial charge in [-0.05, 0) is 38.3 Å². The molecule has 2 rings (SSSR count). The van der Waals surface area contributed by atoms with Crippen molar-refractivity contribution in [1.29, 1.82) is 0 Å². The molecule has 1 aliphatic rings. The Balaban J connectivity index is 1.65. The second-order valence-electron chi connectivity index (χ2n) is 4.91. The highest BCUT2D eigenvalue weighted by Gasteiger charge is 2.20. The minimum Gasteiger partial charge on any atom is -0.316 e. The van der Waals surface area contributed by atoms with Gasteiger partial charge in [0.2, 0.25) is 10.0 Å². The van der Waals surface area contributed by atoms with Gasteiger partial charge in [-0.15, -0.1) is 5.10 Å². The standard InChI is InChI=1S/C11H21N5O2S/c17-19(18,10-11-3-1-4-12-9-11)14-5-2-7-16-8-6-13-15-16/h6,8,11-12,14H,1-5,7,9-10H2. The van der Waals surface area contributed by atoms with Crippen LogP contribution in [-0.4, -0.2) is 48.8 Å². The van der Waals surface area contributed by atoms with Crippen molar-refractivity contribution in [2.24, 2.45) is 5.92 Å². The van der Waals surface area contributed by atoms with E-state index in [1.165, 1.54) is 0 Å². The molecule has 0 amide bonds. The molecule has 0 bridgehead atoms. The Kier molecular flexibility index (Phi) is 5.29. The Morgan fingerprint density at radius 3 is 3.05 bits per heavy atom. The number of nitrogens with zero attached hydrogens (tertiary/aromatic N) is 3. The van der Waals surface area contributed by atoms with E-state index in [-0.39, 0.29) is 11.7 Å². The number of hydrogen-bond donors (Lipinski definition) is 2. The van der Waals surface area contributed by atoms with Crippen LogP contribution >= 0.6 is 0 Å². The van der Waals surface area contributed by atoms with Gasteiger partial charge in [0.15, 0.2) is 0 Å². The minimum absolute atomic E-state index is 0.226. The van der Waals surface area contributed by atoms with Crippen molar-refractivity contribution in [3.05, 3.63) is 12.4 Å². The summed E-state index contributed by atoms with van der Waals surface area (Å²) in [5, 5.41) is 10.8. The van der Waals surface area contributed by atoms with Gasteiger partial charge in [-0.3, -0.25) is 4.68 Å². The molecule has 108 valence electrons. The molecule has 1 aromatic rings. The first-order valence-corrected chi connectivity index (χ1v) is 8.33. The van der Waals surface area contributed by atoms with Crippen molar-refractivity contribution in [3.8, 4) is 0 Å². The van der Waals surface area contributed by atoms with Crippen molar-refractivity contribution >= 4 is 10.0 Å². The zero-order chi connectivity index (χ0) is 13.6. The molecule has 1 fully saturated rings. The fraction of sp³-hybridized carbons (Fsp3) is 0.818. The van der Waals surface area contributed by atoms with Gasteiger partial charge < -0.3 is 5.32 Å². The molecule has 1 atom stereocenters. The van der Waals surface area contributed by atoms with Gasteiger partial charge in [-0.1, -0.05) is 5.21 Å². The summed E-state index contributed by atoms with van der Waals surface area (Å²) in [7, 11) is -3.16. The number of hydrogen-bond acceptors (Lipinski definition) is 5. The maximum absolute atomic E-state index is 11.9. The highest BCUT2D eigenvalue weighted by atomic mass is 32.2. The minimum atomic E-state index is -3.16. The molecular formula is C11H21N5O2S. The Labute approximate surface area is 113 Å². The van der Waals surface area contributed by atoms with Crippen molar-refractivity contribution in [1.82, 2.24) is 25.0 Å². The summed E-state index contributed by atoms with van der Waals surface area (Å²) in [4.78, 5) is 0. The largest absolute Gasteiger partial charge is 0.316 e. The first-order chi connectivity index (χ1) is 9.16. The average molecular weight is 287 g/mol. The van der Waals surface area contributed by atoms with Crippen LogP contribution in [0.15, 0.2) is 12.4 Å². The monoisotopic (exact) mass is 287 g/mol. The average Bonchev–Trinajstić information content (AvgIpc) is 2.88. The van der Waals surface area contributed by atoms with E-state index in [9.17, 15) is 8.42 Å². The number of piperidine rings is 1. The third-order valence-electron chi connectivity index (χ3n) is 3.21. The molecule has 2 N–H and O–H groups in total. The van der Waals surface area contributed by atoms with Crippen LogP contribution in [-0.2, 0) is 16.6 Å². The Bertz CT molecular complexity index is 453. The van der Waals surface area contributed by atoms with Gasteiger partial charge in [-0.25, -0.2) is 13.1 Å². The molecule has 19 heavy (non-hydrogen) atoms. The maximum Gasteiger partial charge on any atom is 0.211 e. The number of sulfonamides is 1. The third-order valence-corrected chi connectivity index (χ3v) is 4.77. The second kappa shape index (κ2) is 6.97. The molecule has 2 heterocycles. The van der Waals surface area contributed by atoms with Crippen LogP contribution in [0.25, 0.3) is 0 Å². The molecule has 8 heteroatoms. The molecule has 0 spiro atoms. The number of rotatable bonds is 7. The molecule has 0 saturated carbocycles. The summed E-state index contributed by atoms with van der Waals surface area (Å²) in [6, 6.07) is 0. The SMILES string of the molecule is O=S(=O)(CC1CCCNC1)NCCCn1ccnn1. The van der Waals surface area contributed by atoms with Crippen molar-refractivity contribution in [3.63, 3.8) is 0 Å². The van der Waals surface area contributed by atoms with Crippen LogP contribution in [0, 0.1) is 5.92 Å². The lowest BCUT2D eigenvalue weighted by atomic mass is 10.0. The van der Waals surface area contributed by atoms with E-state index < -0.39 is 10.0 Å². The highest BCUT2D eigenvalue weighted by molar-refractivity contribution is 7.89. The summed E-state index contributed by atoms with van der Waals surface area (Å²) < 4.78 is 28.1. The highest BCUT2D eigenvalue weighted by Crippen LogP contribution is 2.11. The first kappa shape index (κ1) is 14.4. The molecule has 0 aliphatic carbocycles. The van der Waals surface area contributed by atoms with E-state index in [2.05, 4.69) is 20.4 Å². The van der Waals surface area contributed by atoms with Crippen LogP contribution < -0.4 is 10.0 Å². The summed E-state index contributed by atoms with van der Waals surface area (Å²) in [6.07, 6.45) is 6.15. The summed E-state index contributed by atoms with van der Waals surface area (Å²) in [6.45, 7) is 2.93. The molecule has 0 aromatic carbocycles. The number of aryl methyl sites for hydroxylation is 1. The molecular weight excluding hydrogens is 266 g/mol. The quantitative estimate of drug-likeness (QED) is 0.665. The predicted molar refractivity (Wildman–Crippen MR) is 72.0 cm³/mol. The molecule has 7 nitrogen and oxygen atoms in total. The molecule has 1 saturated heterocycles. The lowest BCUT2D eigenvalue weighted by molar-refractivity contribution is 0.402. The van der Waals surface area contributed by atoms with E-state index in [0.717, 1.165) is 25.9 Å². The zero-order valence-corrected chi connectivity index (χ0v) is 11.8.